The molecule has 0 saturated heterocycles. The van der Waals surface area contributed by atoms with Crippen molar-refractivity contribution in [1.82, 2.24) is 25.1 Å². The second-order valence-electron chi connectivity index (χ2n) is 3.93. The van der Waals surface area contributed by atoms with Gasteiger partial charge < -0.3 is 10.1 Å². The second kappa shape index (κ2) is 6.11. The molecule has 0 amide bonds. The molecule has 0 bridgehead atoms. The molecule has 0 aliphatic heterocycles. The van der Waals surface area contributed by atoms with E-state index in [1.165, 1.54) is 0 Å². The van der Waals surface area contributed by atoms with E-state index in [1.54, 1.807) is 24.3 Å². The molecule has 6 heteroatoms. The fourth-order valence-corrected chi connectivity index (χ4v) is 1.66. The maximum Gasteiger partial charge on any atom is 0.217 e. The molecule has 0 aliphatic carbocycles. The van der Waals surface area contributed by atoms with Crippen LogP contribution in [0.5, 0.6) is 5.88 Å². The highest BCUT2D eigenvalue weighted by Gasteiger charge is 2.03. The summed E-state index contributed by atoms with van der Waals surface area (Å²) in [6, 6.07) is 3.90. The minimum atomic E-state index is 0.668. The average molecular weight is 247 g/mol. The molecule has 2 aromatic heterocycles. The zero-order chi connectivity index (χ0) is 12.8. The largest absolute Gasteiger partial charge is 0.481 e. The lowest BCUT2D eigenvalue weighted by atomic mass is 10.2. The topological polar surface area (TPSA) is 64.9 Å². The first-order chi connectivity index (χ1) is 8.79. The molecule has 0 saturated carbocycles. The number of nitrogens with zero attached hydrogens (tertiary/aromatic N) is 4. The van der Waals surface area contributed by atoms with Crippen LogP contribution in [0.3, 0.4) is 0 Å². The molecule has 2 aromatic rings. The Kier molecular flexibility index (Phi) is 4.25. The van der Waals surface area contributed by atoms with E-state index in [1.807, 2.05) is 19.2 Å². The van der Waals surface area contributed by atoms with E-state index in [9.17, 15) is 0 Å². The minimum absolute atomic E-state index is 0.668. The van der Waals surface area contributed by atoms with Gasteiger partial charge in [0.1, 0.15) is 6.33 Å². The molecule has 6 nitrogen and oxygen atoms in total. The van der Waals surface area contributed by atoms with E-state index in [2.05, 4.69) is 20.4 Å². The van der Waals surface area contributed by atoms with Crippen molar-refractivity contribution < 1.29 is 4.74 Å². The van der Waals surface area contributed by atoms with Crippen LogP contribution in [0.4, 0.5) is 0 Å². The Bertz CT molecular complexity index is 497. The Morgan fingerprint density at radius 2 is 2.28 bits per heavy atom. The molecule has 2 rings (SSSR count). The summed E-state index contributed by atoms with van der Waals surface area (Å²) >= 11 is 0. The van der Waals surface area contributed by atoms with Crippen molar-refractivity contribution in [2.24, 2.45) is 7.05 Å². The number of hydrogen-bond acceptors (Lipinski definition) is 5. The van der Waals surface area contributed by atoms with Gasteiger partial charge in [0, 0.05) is 38.3 Å². The van der Waals surface area contributed by atoms with Crippen LogP contribution < -0.4 is 10.1 Å². The molecule has 96 valence electrons. The number of nitrogens with one attached hydrogen (secondary N) is 1. The fraction of sp³-hybridized carbons (Fsp3) is 0.417. The SMILES string of the molecule is COc1ncccc1CNCCc1ncn(C)n1. The van der Waals surface area contributed by atoms with E-state index in [-0.39, 0.29) is 0 Å². The van der Waals surface area contributed by atoms with Crippen LogP contribution in [-0.4, -0.2) is 33.4 Å². The van der Waals surface area contributed by atoms with E-state index in [4.69, 9.17) is 4.74 Å². The summed E-state index contributed by atoms with van der Waals surface area (Å²) in [4.78, 5) is 8.32. The van der Waals surface area contributed by atoms with Crippen LogP contribution in [0, 0.1) is 0 Å². The quantitative estimate of drug-likeness (QED) is 0.755. The molecule has 18 heavy (non-hydrogen) atoms. The van der Waals surface area contributed by atoms with Gasteiger partial charge in [0.05, 0.1) is 7.11 Å². The van der Waals surface area contributed by atoms with Gasteiger partial charge in [0.2, 0.25) is 5.88 Å². The predicted molar refractivity (Wildman–Crippen MR) is 67.2 cm³/mol. The fourth-order valence-electron chi connectivity index (χ4n) is 1.66. The summed E-state index contributed by atoms with van der Waals surface area (Å²) in [6.45, 7) is 1.55. The van der Waals surface area contributed by atoms with Crippen LogP contribution in [0.25, 0.3) is 0 Å². The number of ether oxygens (including phenoxy) is 1. The highest BCUT2D eigenvalue weighted by Crippen LogP contribution is 2.12. The third kappa shape index (κ3) is 3.27. The van der Waals surface area contributed by atoms with Gasteiger partial charge in [-0.1, -0.05) is 6.07 Å². The lowest BCUT2D eigenvalue weighted by Gasteiger charge is -2.07. The van der Waals surface area contributed by atoms with Crippen LogP contribution in [0.1, 0.15) is 11.4 Å². The number of aryl methyl sites for hydroxylation is 1. The summed E-state index contributed by atoms with van der Waals surface area (Å²) in [5.41, 5.74) is 1.05. The van der Waals surface area contributed by atoms with Gasteiger partial charge in [-0.3, -0.25) is 4.68 Å². The molecule has 0 radical (unpaired) electrons. The van der Waals surface area contributed by atoms with Gasteiger partial charge in [-0.15, -0.1) is 0 Å². The molecule has 2 heterocycles. The monoisotopic (exact) mass is 247 g/mol. The zero-order valence-electron chi connectivity index (χ0n) is 10.6. The third-order valence-corrected chi connectivity index (χ3v) is 2.53. The lowest BCUT2D eigenvalue weighted by molar-refractivity contribution is 0.390. The number of hydrogen-bond donors (Lipinski definition) is 1. The number of aromatic nitrogens is 4. The number of rotatable bonds is 6. The van der Waals surface area contributed by atoms with Crippen molar-refractivity contribution in [1.29, 1.82) is 0 Å². The van der Waals surface area contributed by atoms with E-state index < -0.39 is 0 Å². The Hall–Kier alpha value is -1.95. The summed E-state index contributed by atoms with van der Waals surface area (Å²) in [5, 5.41) is 7.54. The van der Waals surface area contributed by atoms with E-state index in [0.717, 1.165) is 30.9 Å². The van der Waals surface area contributed by atoms with Gasteiger partial charge in [-0.25, -0.2) is 9.97 Å². The minimum Gasteiger partial charge on any atom is -0.481 e. The van der Waals surface area contributed by atoms with Gasteiger partial charge in [-0.05, 0) is 6.07 Å². The molecule has 0 aromatic carbocycles. The maximum atomic E-state index is 5.18. The summed E-state index contributed by atoms with van der Waals surface area (Å²) in [7, 11) is 3.49. The third-order valence-electron chi connectivity index (χ3n) is 2.53. The Morgan fingerprint density at radius 3 is 3.00 bits per heavy atom. The van der Waals surface area contributed by atoms with Crippen LogP contribution in [-0.2, 0) is 20.0 Å². The molecular formula is C12H17N5O. The molecule has 0 aliphatic rings. The Morgan fingerprint density at radius 1 is 1.39 bits per heavy atom. The van der Waals surface area contributed by atoms with Gasteiger partial charge in [-0.2, -0.15) is 5.10 Å². The van der Waals surface area contributed by atoms with Crippen molar-refractivity contribution in [3.63, 3.8) is 0 Å². The molecule has 1 N–H and O–H groups in total. The first-order valence-electron chi connectivity index (χ1n) is 5.82. The lowest BCUT2D eigenvalue weighted by Crippen LogP contribution is -2.18. The van der Waals surface area contributed by atoms with Crippen molar-refractivity contribution in [2.45, 2.75) is 13.0 Å². The van der Waals surface area contributed by atoms with E-state index in [0.29, 0.717) is 5.88 Å². The number of pyridine rings is 1. The average Bonchev–Trinajstić information content (AvgIpc) is 2.81. The van der Waals surface area contributed by atoms with Gasteiger partial charge >= 0.3 is 0 Å². The molecule has 0 spiro atoms. The predicted octanol–water partition coefficient (Wildman–Crippen LogP) is 0.551. The smallest absolute Gasteiger partial charge is 0.217 e. The maximum absolute atomic E-state index is 5.18. The highest BCUT2D eigenvalue weighted by molar-refractivity contribution is 5.24. The summed E-state index contributed by atoms with van der Waals surface area (Å²) in [5.74, 6) is 1.52. The van der Waals surface area contributed by atoms with Crippen molar-refractivity contribution >= 4 is 0 Å². The van der Waals surface area contributed by atoms with E-state index >= 15 is 0 Å². The first-order valence-corrected chi connectivity index (χ1v) is 5.82. The van der Waals surface area contributed by atoms with Crippen molar-refractivity contribution in [2.75, 3.05) is 13.7 Å². The van der Waals surface area contributed by atoms with Crippen molar-refractivity contribution in [3.8, 4) is 5.88 Å². The Balaban J connectivity index is 1.78. The van der Waals surface area contributed by atoms with Gasteiger partial charge in [0.25, 0.3) is 0 Å². The van der Waals surface area contributed by atoms with Crippen LogP contribution in [0.15, 0.2) is 24.7 Å². The van der Waals surface area contributed by atoms with Crippen LogP contribution in [0.2, 0.25) is 0 Å². The van der Waals surface area contributed by atoms with Crippen LogP contribution >= 0.6 is 0 Å². The summed E-state index contributed by atoms with van der Waals surface area (Å²) < 4.78 is 6.89. The number of methoxy groups -OCH3 is 1. The summed E-state index contributed by atoms with van der Waals surface area (Å²) in [6.07, 6.45) is 4.24. The van der Waals surface area contributed by atoms with Crippen molar-refractivity contribution in [3.05, 3.63) is 36.0 Å². The normalized spacial score (nSPS) is 10.6. The molecule has 0 fully saturated rings. The molecular weight excluding hydrogens is 230 g/mol. The zero-order valence-corrected chi connectivity index (χ0v) is 10.6. The highest BCUT2D eigenvalue weighted by atomic mass is 16.5. The molecule has 0 atom stereocenters. The first kappa shape index (κ1) is 12.5. The van der Waals surface area contributed by atoms with Gasteiger partial charge in [0.15, 0.2) is 5.82 Å². The Labute approximate surface area is 106 Å². The second-order valence-corrected chi connectivity index (χ2v) is 3.93. The molecule has 0 unspecified atom stereocenters. The standard InChI is InChI=1S/C12H17N5O/c1-17-9-15-11(16-17)5-7-13-8-10-4-3-6-14-12(10)18-2/h3-4,6,9,13H,5,7-8H2,1-2H3.